The fraction of sp³-hybridized carbons (Fsp3) is 0.850. The summed E-state index contributed by atoms with van der Waals surface area (Å²) in [5.41, 5.74) is 0.921. The second-order valence-electron chi connectivity index (χ2n) is 8.41. The summed E-state index contributed by atoms with van der Waals surface area (Å²) in [6.45, 7) is 14.0. The minimum atomic E-state index is -0.204. The molecule has 0 unspecified atom stereocenters. The molecular formula is C20H35NO3. The standard InChI is InChI=1S/C20H35NO3/c1-8-20(9-2,23-7)16-11-10-12-21(16)15-13-17(22)24-18(14(15)3)19(4,5)6/h13-14,16,18H,8-12H2,1-7H3/t14-,16+,18+/m1/s1. The lowest BCUT2D eigenvalue weighted by molar-refractivity contribution is -0.155. The van der Waals surface area contributed by atoms with Crippen molar-refractivity contribution in [2.24, 2.45) is 11.3 Å². The molecule has 0 aromatic rings. The molecule has 1 saturated heterocycles. The maximum atomic E-state index is 12.2. The topological polar surface area (TPSA) is 38.8 Å². The molecule has 0 aromatic carbocycles. The number of hydrogen-bond acceptors (Lipinski definition) is 4. The zero-order valence-electron chi connectivity index (χ0n) is 16.5. The van der Waals surface area contributed by atoms with Gasteiger partial charge < -0.3 is 14.4 Å². The highest BCUT2D eigenvalue weighted by molar-refractivity contribution is 5.84. The fourth-order valence-electron chi connectivity index (χ4n) is 4.71. The van der Waals surface area contributed by atoms with Crippen molar-refractivity contribution in [2.45, 2.75) is 85.0 Å². The number of likely N-dealkylation sites (tertiary alicyclic amines) is 1. The predicted octanol–water partition coefficient (Wildman–Crippen LogP) is 4.15. The third kappa shape index (κ3) is 3.35. The number of carbonyl (C=O) groups excluding carboxylic acids is 1. The first-order valence-electron chi connectivity index (χ1n) is 9.44. The zero-order valence-corrected chi connectivity index (χ0v) is 16.5. The largest absolute Gasteiger partial charge is 0.458 e. The van der Waals surface area contributed by atoms with E-state index in [4.69, 9.17) is 9.47 Å². The molecule has 0 saturated carbocycles. The van der Waals surface area contributed by atoms with E-state index in [-0.39, 0.29) is 29.0 Å². The molecule has 4 nitrogen and oxygen atoms in total. The highest BCUT2D eigenvalue weighted by atomic mass is 16.5. The molecule has 138 valence electrons. The minimum absolute atomic E-state index is 0.0718. The van der Waals surface area contributed by atoms with E-state index in [0.717, 1.165) is 37.9 Å². The van der Waals surface area contributed by atoms with Gasteiger partial charge in [0.1, 0.15) is 6.10 Å². The monoisotopic (exact) mass is 337 g/mol. The summed E-state index contributed by atoms with van der Waals surface area (Å²) in [4.78, 5) is 14.7. The van der Waals surface area contributed by atoms with Crippen molar-refractivity contribution in [3.05, 3.63) is 11.8 Å². The van der Waals surface area contributed by atoms with Gasteiger partial charge in [-0.2, -0.15) is 0 Å². The summed E-state index contributed by atoms with van der Waals surface area (Å²) in [6, 6.07) is 0.331. The van der Waals surface area contributed by atoms with Crippen LogP contribution in [-0.2, 0) is 14.3 Å². The van der Waals surface area contributed by atoms with Crippen molar-refractivity contribution in [1.82, 2.24) is 4.90 Å². The van der Waals surface area contributed by atoms with Crippen LogP contribution < -0.4 is 0 Å². The van der Waals surface area contributed by atoms with Gasteiger partial charge in [0, 0.05) is 31.3 Å². The van der Waals surface area contributed by atoms with E-state index >= 15 is 0 Å². The van der Waals surface area contributed by atoms with Gasteiger partial charge in [0.2, 0.25) is 0 Å². The second-order valence-corrected chi connectivity index (χ2v) is 8.41. The highest BCUT2D eigenvalue weighted by Crippen LogP contribution is 2.42. The van der Waals surface area contributed by atoms with Crippen LogP contribution >= 0.6 is 0 Å². The van der Waals surface area contributed by atoms with Gasteiger partial charge >= 0.3 is 5.97 Å². The number of hydrogen-bond donors (Lipinski definition) is 0. The van der Waals surface area contributed by atoms with Crippen LogP contribution in [0, 0.1) is 11.3 Å². The van der Waals surface area contributed by atoms with Gasteiger partial charge in [0.15, 0.2) is 0 Å². The summed E-state index contributed by atoms with van der Waals surface area (Å²) >= 11 is 0. The maximum absolute atomic E-state index is 12.2. The predicted molar refractivity (Wildman–Crippen MR) is 96.6 cm³/mol. The molecule has 0 bridgehead atoms. The maximum Gasteiger partial charge on any atom is 0.332 e. The van der Waals surface area contributed by atoms with Gasteiger partial charge in [0.05, 0.1) is 11.6 Å². The third-order valence-corrected chi connectivity index (χ3v) is 6.08. The average Bonchev–Trinajstić information content (AvgIpc) is 3.00. The van der Waals surface area contributed by atoms with E-state index in [9.17, 15) is 4.79 Å². The normalized spacial score (nSPS) is 28.8. The van der Waals surface area contributed by atoms with Crippen LogP contribution in [0.1, 0.15) is 67.2 Å². The molecule has 2 aliphatic rings. The molecule has 1 fully saturated rings. The number of ether oxygens (including phenoxy) is 2. The SMILES string of the molecule is CCC(CC)(OC)[C@@H]1CCCN1C1=CC(=O)O[C@H](C(C)(C)C)[C@@H]1C. The van der Waals surface area contributed by atoms with E-state index < -0.39 is 0 Å². The van der Waals surface area contributed by atoms with Crippen molar-refractivity contribution in [3.63, 3.8) is 0 Å². The van der Waals surface area contributed by atoms with Gasteiger partial charge in [-0.25, -0.2) is 4.79 Å². The molecule has 2 heterocycles. The molecule has 0 spiro atoms. The molecule has 0 N–H and O–H groups in total. The zero-order chi connectivity index (χ0) is 18.1. The summed E-state index contributed by atoms with van der Waals surface area (Å²) in [7, 11) is 1.83. The van der Waals surface area contributed by atoms with Gasteiger partial charge in [-0.15, -0.1) is 0 Å². The Hall–Kier alpha value is -1.03. The van der Waals surface area contributed by atoms with Crippen molar-refractivity contribution in [1.29, 1.82) is 0 Å². The number of carbonyl (C=O) groups is 1. The molecule has 0 amide bonds. The molecule has 0 radical (unpaired) electrons. The Kier molecular flexibility index (Phi) is 5.68. The molecule has 2 rings (SSSR count). The first-order valence-corrected chi connectivity index (χ1v) is 9.44. The van der Waals surface area contributed by atoms with E-state index in [1.54, 1.807) is 6.08 Å². The summed E-state index contributed by atoms with van der Waals surface area (Å²) in [5.74, 6) is -0.00347. The smallest absolute Gasteiger partial charge is 0.332 e. The number of cyclic esters (lactones) is 1. The number of rotatable bonds is 5. The first-order chi connectivity index (χ1) is 11.2. The lowest BCUT2D eigenvalue weighted by Crippen LogP contribution is -2.53. The van der Waals surface area contributed by atoms with Crippen molar-refractivity contribution < 1.29 is 14.3 Å². The van der Waals surface area contributed by atoms with E-state index in [1.165, 1.54) is 0 Å². The van der Waals surface area contributed by atoms with Gasteiger partial charge in [-0.1, -0.05) is 41.5 Å². The van der Waals surface area contributed by atoms with Crippen LogP contribution in [0.2, 0.25) is 0 Å². The highest BCUT2D eigenvalue weighted by Gasteiger charge is 2.47. The van der Waals surface area contributed by atoms with Crippen LogP contribution in [0.4, 0.5) is 0 Å². The molecule has 0 aromatic heterocycles. The van der Waals surface area contributed by atoms with E-state index in [1.807, 2.05) is 7.11 Å². The molecule has 0 aliphatic carbocycles. The Balaban J connectivity index is 2.36. The van der Waals surface area contributed by atoms with Crippen molar-refractivity contribution in [3.8, 4) is 0 Å². The van der Waals surface area contributed by atoms with Gasteiger partial charge in [0.25, 0.3) is 0 Å². The Labute approximate surface area is 147 Å². The lowest BCUT2D eigenvalue weighted by atomic mass is 9.78. The number of esters is 1. The first kappa shape index (κ1) is 19.3. The van der Waals surface area contributed by atoms with Gasteiger partial charge in [-0.05, 0) is 31.1 Å². The van der Waals surface area contributed by atoms with Crippen LogP contribution in [0.3, 0.4) is 0 Å². The quantitative estimate of drug-likeness (QED) is 0.707. The molecule has 2 aliphatic heterocycles. The minimum Gasteiger partial charge on any atom is -0.458 e. The molecular weight excluding hydrogens is 302 g/mol. The van der Waals surface area contributed by atoms with Crippen LogP contribution in [0.5, 0.6) is 0 Å². The van der Waals surface area contributed by atoms with E-state index in [0.29, 0.717) is 6.04 Å². The molecule has 3 atom stereocenters. The number of nitrogens with zero attached hydrogens (tertiary/aromatic N) is 1. The molecule has 24 heavy (non-hydrogen) atoms. The molecule has 4 heteroatoms. The van der Waals surface area contributed by atoms with E-state index in [2.05, 4.69) is 46.4 Å². The van der Waals surface area contributed by atoms with Gasteiger partial charge in [-0.3, -0.25) is 0 Å². The van der Waals surface area contributed by atoms with Crippen LogP contribution in [-0.4, -0.2) is 42.3 Å². The van der Waals surface area contributed by atoms with Crippen LogP contribution in [0.25, 0.3) is 0 Å². The average molecular weight is 338 g/mol. The van der Waals surface area contributed by atoms with Crippen LogP contribution in [0.15, 0.2) is 11.8 Å². The Bertz CT molecular complexity index is 479. The summed E-state index contributed by atoms with van der Waals surface area (Å²) in [5, 5.41) is 0. The summed E-state index contributed by atoms with van der Waals surface area (Å²) < 4.78 is 11.7. The Morgan fingerprint density at radius 1 is 1.29 bits per heavy atom. The third-order valence-electron chi connectivity index (χ3n) is 6.08. The lowest BCUT2D eigenvalue weighted by Gasteiger charge is -2.47. The Morgan fingerprint density at radius 3 is 2.42 bits per heavy atom. The number of methoxy groups -OCH3 is 1. The Morgan fingerprint density at radius 2 is 1.92 bits per heavy atom. The van der Waals surface area contributed by atoms with Crippen molar-refractivity contribution >= 4 is 5.97 Å². The second kappa shape index (κ2) is 7.07. The summed E-state index contributed by atoms with van der Waals surface area (Å²) in [6.07, 6.45) is 5.86. The van der Waals surface area contributed by atoms with Crippen molar-refractivity contribution in [2.75, 3.05) is 13.7 Å². The fourth-order valence-corrected chi connectivity index (χ4v) is 4.71.